The third kappa shape index (κ3) is 1.52. The van der Waals surface area contributed by atoms with E-state index in [0.717, 1.165) is 0 Å². The zero-order chi connectivity index (χ0) is 5.82. The third-order valence-electron chi connectivity index (χ3n) is 0.709. The molecule has 2 nitrogen and oxygen atoms in total. The van der Waals surface area contributed by atoms with Crippen molar-refractivity contribution >= 4 is 17.5 Å². The average Bonchev–Trinajstić information content (AvgIpc) is 1.94. The lowest BCUT2D eigenvalue weighted by atomic mass is 10.5. The van der Waals surface area contributed by atoms with Crippen molar-refractivity contribution in [2.24, 2.45) is 9.54 Å². The third-order valence-corrected chi connectivity index (χ3v) is 1.51. The van der Waals surface area contributed by atoms with Gasteiger partial charge in [-0.2, -0.15) is 0 Å². The molecule has 1 unspecified atom stereocenters. The van der Waals surface area contributed by atoms with Crippen molar-refractivity contribution in [1.29, 1.82) is 0 Å². The van der Waals surface area contributed by atoms with Gasteiger partial charge >= 0.3 is 0 Å². The largest absolute Gasteiger partial charge is 0.245 e. The van der Waals surface area contributed by atoms with Gasteiger partial charge in [-0.05, 0) is 16.5 Å². The average molecular weight is 127 g/mol. The Hall–Kier alpha value is -0.540. The Labute approximate surface area is 51.4 Å². The van der Waals surface area contributed by atoms with Gasteiger partial charge in [-0.15, -0.1) is 5.14 Å². The van der Waals surface area contributed by atoms with Gasteiger partial charge in [-0.3, -0.25) is 0 Å². The van der Waals surface area contributed by atoms with Crippen molar-refractivity contribution in [1.82, 2.24) is 0 Å². The summed E-state index contributed by atoms with van der Waals surface area (Å²) in [6, 6.07) is 0. The molecule has 3 heteroatoms. The van der Waals surface area contributed by atoms with Gasteiger partial charge in [-0.1, -0.05) is 6.08 Å². The fourth-order valence-electron chi connectivity index (χ4n) is 0.380. The summed E-state index contributed by atoms with van der Waals surface area (Å²) in [5.74, 6) is 0. The number of rotatable bonds is 0. The summed E-state index contributed by atoms with van der Waals surface area (Å²) in [6.07, 6.45) is 7.37. The van der Waals surface area contributed by atoms with Gasteiger partial charge in [0, 0.05) is 0 Å². The fraction of sp³-hybridized carbons (Fsp3) is 0. The predicted octanol–water partition coefficient (Wildman–Crippen LogP) is 0.548. The molecular weight excluding hydrogens is 120 g/mol. The van der Waals surface area contributed by atoms with Gasteiger partial charge in [0.25, 0.3) is 0 Å². The first kappa shape index (κ1) is 5.59. The topological polar surface area (TPSA) is 38.4 Å². The Balaban J connectivity index is 2.66. The summed E-state index contributed by atoms with van der Waals surface area (Å²) in [7, 11) is 0. The highest BCUT2D eigenvalue weighted by molar-refractivity contribution is 7.96. The van der Waals surface area contributed by atoms with Crippen LogP contribution in [-0.2, 0) is 11.3 Å². The van der Waals surface area contributed by atoms with E-state index in [9.17, 15) is 0 Å². The van der Waals surface area contributed by atoms with E-state index in [1.807, 2.05) is 23.6 Å². The van der Waals surface area contributed by atoms with Crippen LogP contribution in [0.15, 0.2) is 28.0 Å². The van der Waals surface area contributed by atoms with Gasteiger partial charge in [0.15, 0.2) is 5.41 Å². The van der Waals surface area contributed by atoms with Crippen molar-refractivity contribution in [3.63, 3.8) is 0 Å². The van der Waals surface area contributed by atoms with Crippen molar-refractivity contribution in [3.8, 4) is 0 Å². The maximum atomic E-state index is 5.44. The van der Waals surface area contributed by atoms with E-state index in [0.29, 0.717) is 0 Å². The molecule has 0 fully saturated rings. The lowest BCUT2D eigenvalue weighted by Crippen LogP contribution is -2.04. The molecule has 0 aliphatic carbocycles. The molecule has 0 saturated carbocycles. The summed E-state index contributed by atoms with van der Waals surface area (Å²) < 4.78 is 3.93. The van der Waals surface area contributed by atoms with Crippen LogP contribution in [0.25, 0.3) is 0 Å². The molecule has 1 rings (SSSR count). The SMILES string of the molecule is N[S+]1C=CC=CC=N1. The van der Waals surface area contributed by atoms with Gasteiger partial charge in [0.2, 0.25) is 11.3 Å². The number of nitrogens with zero attached hydrogens (tertiary/aromatic N) is 1. The molecule has 1 aliphatic rings. The minimum Gasteiger partial charge on any atom is -0.121 e. The first-order chi connectivity index (χ1) is 3.89. The smallest absolute Gasteiger partial charge is 0.121 e. The minimum absolute atomic E-state index is 0.381. The lowest BCUT2D eigenvalue weighted by Gasteiger charge is -1.75. The van der Waals surface area contributed by atoms with Crippen LogP contribution < -0.4 is 5.14 Å². The zero-order valence-corrected chi connectivity index (χ0v) is 5.14. The highest BCUT2D eigenvalue weighted by Gasteiger charge is 2.02. The van der Waals surface area contributed by atoms with Gasteiger partial charge in [0.1, 0.15) is 0 Å². The van der Waals surface area contributed by atoms with Gasteiger partial charge < -0.3 is 0 Å². The molecule has 1 aliphatic heterocycles. The Morgan fingerprint density at radius 1 is 1.25 bits per heavy atom. The standard InChI is InChI=1S/C5H6N2S/c6-8-5-3-1-2-4-7-8/h1-6H/p+1. The summed E-state index contributed by atoms with van der Waals surface area (Å²) >= 11 is -0.381. The Morgan fingerprint density at radius 2 is 2.12 bits per heavy atom. The van der Waals surface area contributed by atoms with E-state index in [4.69, 9.17) is 5.14 Å². The van der Waals surface area contributed by atoms with Crippen LogP contribution in [0.2, 0.25) is 0 Å². The normalized spacial score (nSPS) is 25.9. The number of allylic oxidation sites excluding steroid dienone is 3. The molecule has 0 spiro atoms. The molecule has 8 heavy (non-hydrogen) atoms. The molecule has 1 heterocycles. The van der Waals surface area contributed by atoms with E-state index >= 15 is 0 Å². The fourth-order valence-corrected chi connectivity index (χ4v) is 0.913. The monoisotopic (exact) mass is 127 g/mol. The molecule has 2 N–H and O–H groups in total. The van der Waals surface area contributed by atoms with E-state index < -0.39 is 0 Å². The minimum atomic E-state index is -0.381. The second-order valence-corrected chi connectivity index (χ2v) is 2.49. The van der Waals surface area contributed by atoms with Crippen LogP contribution in [0.5, 0.6) is 0 Å². The predicted molar refractivity (Wildman–Crippen MR) is 38.3 cm³/mol. The summed E-state index contributed by atoms with van der Waals surface area (Å²) in [5, 5.41) is 7.30. The number of nitrogens with two attached hydrogens (primary N) is 1. The highest BCUT2D eigenvalue weighted by atomic mass is 32.2. The molecular formula is C5H7N2S+. The maximum Gasteiger partial charge on any atom is 0.245 e. The molecule has 42 valence electrons. The number of hydrogen-bond donors (Lipinski definition) is 1. The lowest BCUT2D eigenvalue weighted by molar-refractivity contribution is 1.83. The summed E-state index contributed by atoms with van der Waals surface area (Å²) in [6.45, 7) is 0. The van der Waals surface area contributed by atoms with Crippen molar-refractivity contribution in [3.05, 3.63) is 23.6 Å². The Kier molecular flexibility index (Phi) is 1.88. The first-order valence-corrected chi connectivity index (χ1v) is 3.55. The molecule has 0 bridgehead atoms. The quantitative estimate of drug-likeness (QED) is 0.474. The first-order valence-electron chi connectivity index (χ1n) is 2.25. The van der Waals surface area contributed by atoms with Crippen LogP contribution in [0, 0.1) is 0 Å². The van der Waals surface area contributed by atoms with E-state index in [1.165, 1.54) is 0 Å². The van der Waals surface area contributed by atoms with Crippen molar-refractivity contribution in [2.75, 3.05) is 0 Å². The Morgan fingerprint density at radius 3 is 3.00 bits per heavy atom. The van der Waals surface area contributed by atoms with E-state index in [-0.39, 0.29) is 11.3 Å². The van der Waals surface area contributed by atoms with Crippen LogP contribution in [-0.4, -0.2) is 6.21 Å². The molecule has 0 saturated heterocycles. The van der Waals surface area contributed by atoms with Crippen LogP contribution in [0.3, 0.4) is 0 Å². The van der Waals surface area contributed by atoms with E-state index in [2.05, 4.69) is 4.40 Å². The zero-order valence-electron chi connectivity index (χ0n) is 4.32. The molecule has 0 amide bonds. The molecule has 0 radical (unpaired) electrons. The van der Waals surface area contributed by atoms with Gasteiger partial charge in [-0.25, -0.2) is 0 Å². The highest BCUT2D eigenvalue weighted by Crippen LogP contribution is 1.93. The summed E-state index contributed by atoms with van der Waals surface area (Å²) in [4.78, 5) is 0. The molecule has 0 aromatic rings. The molecule has 0 aromatic carbocycles. The number of hydrogen-bond acceptors (Lipinski definition) is 2. The molecule has 0 aromatic heterocycles. The maximum absolute atomic E-state index is 5.44. The molecule has 1 atom stereocenters. The van der Waals surface area contributed by atoms with Crippen LogP contribution in [0.4, 0.5) is 0 Å². The van der Waals surface area contributed by atoms with Crippen molar-refractivity contribution < 1.29 is 0 Å². The second kappa shape index (κ2) is 2.69. The van der Waals surface area contributed by atoms with Crippen molar-refractivity contribution in [2.45, 2.75) is 0 Å². The summed E-state index contributed by atoms with van der Waals surface area (Å²) in [5.41, 5.74) is 0. The second-order valence-electron chi connectivity index (χ2n) is 1.31. The van der Waals surface area contributed by atoms with E-state index in [1.54, 1.807) is 6.21 Å². The van der Waals surface area contributed by atoms with Crippen LogP contribution >= 0.6 is 0 Å². The van der Waals surface area contributed by atoms with Crippen LogP contribution in [0.1, 0.15) is 0 Å². The van der Waals surface area contributed by atoms with Gasteiger partial charge in [0.05, 0.1) is 6.21 Å². The Bertz CT molecular complexity index is 133.